The van der Waals surface area contributed by atoms with Crippen molar-refractivity contribution < 1.29 is 24.9 Å². The Morgan fingerprint density at radius 1 is 0.974 bits per heavy atom. The summed E-state index contributed by atoms with van der Waals surface area (Å²) >= 11 is 0. The topological polar surface area (TPSA) is 87.0 Å². The predicted octanol–water partition coefficient (Wildman–Crippen LogP) is 6.18. The molecule has 1 saturated carbocycles. The summed E-state index contributed by atoms with van der Waals surface area (Å²) in [5, 5.41) is 31.7. The molecule has 0 heterocycles. The first-order chi connectivity index (χ1) is 18.3. The SMILES string of the molecule is CC(O)(C=CC1CCC(O)C1(CC(=O)O)OCc1cccc(-c2ccccc2)c1)CCCc1ccccc1. The van der Waals surface area contributed by atoms with E-state index in [-0.39, 0.29) is 18.9 Å². The fourth-order valence-electron chi connectivity index (χ4n) is 5.46. The van der Waals surface area contributed by atoms with Gasteiger partial charge in [0.1, 0.15) is 5.60 Å². The maximum atomic E-state index is 11.9. The highest BCUT2D eigenvalue weighted by Gasteiger charge is 2.51. The summed E-state index contributed by atoms with van der Waals surface area (Å²) in [6.07, 6.45) is 5.72. The Labute approximate surface area is 225 Å². The molecule has 0 spiro atoms. The predicted molar refractivity (Wildman–Crippen MR) is 150 cm³/mol. The molecule has 4 atom stereocenters. The fourth-order valence-corrected chi connectivity index (χ4v) is 5.46. The lowest BCUT2D eigenvalue weighted by Crippen LogP contribution is -2.47. The van der Waals surface area contributed by atoms with Gasteiger partial charge in [0.15, 0.2) is 0 Å². The van der Waals surface area contributed by atoms with Gasteiger partial charge in [0, 0.05) is 5.92 Å². The van der Waals surface area contributed by atoms with Crippen molar-refractivity contribution in [2.75, 3.05) is 0 Å². The van der Waals surface area contributed by atoms with Crippen molar-refractivity contribution in [1.29, 1.82) is 0 Å². The van der Waals surface area contributed by atoms with Crippen LogP contribution in [0.1, 0.15) is 50.2 Å². The highest BCUT2D eigenvalue weighted by molar-refractivity contribution is 5.68. The molecule has 3 N–H and O–H groups in total. The second-order valence-corrected chi connectivity index (χ2v) is 10.6. The van der Waals surface area contributed by atoms with E-state index in [0.717, 1.165) is 29.5 Å². The zero-order chi connectivity index (χ0) is 27.0. The van der Waals surface area contributed by atoms with Gasteiger partial charge in [0.05, 0.1) is 24.7 Å². The van der Waals surface area contributed by atoms with Gasteiger partial charge < -0.3 is 20.1 Å². The van der Waals surface area contributed by atoms with Crippen LogP contribution in [0, 0.1) is 5.92 Å². The van der Waals surface area contributed by atoms with Gasteiger partial charge in [-0.2, -0.15) is 0 Å². The van der Waals surface area contributed by atoms with Gasteiger partial charge in [-0.25, -0.2) is 0 Å². The number of carboxylic acids is 1. The highest BCUT2D eigenvalue weighted by Crippen LogP contribution is 2.43. The number of aliphatic hydroxyl groups excluding tert-OH is 1. The third-order valence-electron chi connectivity index (χ3n) is 7.59. The molecule has 0 aliphatic heterocycles. The quantitative estimate of drug-likeness (QED) is 0.251. The van der Waals surface area contributed by atoms with Crippen molar-refractivity contribution in [3.8, 4) is 11.1 Å². The standard InChI is InChI=1S/C33H38O5/c1-32(37,20-9-13-25-10-4-2-5-11-25)21-19-29-17-18-30(34)33(29,23-31(35)36)38-24-26-12-8-16-28(22-26)27-14-6-3-7-15-27/h2-8,10-12,14-16,19,21-22,29-30,34,37H,9,13,17-18,20,23-24H2,1H3,(H,35,36). The maximum Gasteiger partial charge on any atom is 0.306 e. The lowest BCUT2D eigenvalue weighted by atomic mass is 9.84. The number of aryl methyl sites for hydroxylation is 1. The van der Waals surface area contributed by atoms with Crippen LogP contribution in [0.2, 0.25) is 0 Å². The fraction of sp³-hybridized carbons (Fsp3) is 0.364. The lowest BCUT2D eigenvalue weighted by molar-refractivity contribution is -0.163. The summed E-state index contributed by atoms with van der Waals surface area (Å²) in [6, 6.07) is 28.2. The largest absolute Gasteiger partial charge is 0.481 e. The van der Waals surface area contributed by atoms with E-state index in [1.54, 1.807) is 13.0 Å². The van der Waals surface area contributed by atoms with Crippen LogP contribution >= 0.6 is 0 Å². The van der Waals surface area contributed by atoms with Gasteiger partial charge >= 0.3 is 5.97 Å². The molecular formula is C33H38O5. The third kappa shape index (κ3) is 7.19. The minimum absolute atomic E-state index is 0.183. The smallest absolute Gasteiger partial charge is 0.306 e. The van der Waals surface area contributed by atoms with E-state index in [2.05, 4.69) is 12.1 Å². The molecular weight excluding hydrogens is 476 g/mol. The highest BCUT2D eigenvalue weighted by atomic mass is 16.5. The van der Waals surface area contributed by atoms with E-state index in [1.807, 2.05) is 78.9 Å². The average molecular weight is 515 g/mol. The van der Waals surface area contributed by atoms with Crippen molar-refractivity contribution >= 4 is 5.97 Å². The van der Waals surface area contributed by atoms with Crippen LogP contribution in [-0.4, -0.2) is 38.6 Å². The average Bonchev–Trinajstić information content (AvgIpc) is 3.21. The van der Waals surface area contributed by atoms with Gasteiger partial charge in [-0.05, 0) is 67.3 Å². The van der Waals surface area contributed by atoms with Gasteiger partial charge in [-0.3, -0.25) is 4.79 Å². The zero-order valence-corrected chi connectivity index (χ0v) is 22.0. The normalized spacial score (nSPS) is 22.9. The maximum absolute atomic E-state index is 11.9. The van der Waals surface area contributed by atoms with Crippen LogP contribution in [0.4, 0.5) is 0 Å². The summed E-state index contributed by atoms with van der Waals surface area (Å²) in [6.45, 7) is 1.96. The van der Waals surface area contributed by atoms with Crippen LogP contribution in [0.5, 0.6) is 0 Å². The van der Waals surface area contributed by atoms with Crippen molar-refractivity contribution in [2.24, 2.45) is 5.92 Å². The first-order valence-electron chi connectivity index (χ1n) is 13.4. The Kier molecular flexibility index (Phi) is 9.16. The Morgan fingerprint density at radius 2 is 1.63 bits per heavy atom. The summed E-state index contributed by atoms with van der Waals surface area (Å²) < 4.78 is 6.34. The van der Waals surface area contributed by atoms with Crippen LogP contribution in [0.25, 0.3) is 11.1 Å². The monoisotopic (exact) mass is 514 g/mol. The van der Waals surface area contributed by atoms with Crippen LogP contribution in [0.15, 0.2) is 97.1 Å². The number of hydrogen-bond acceptors (Lipinski definition) is 4. The van der Waals surface area contributed by atoms with Crippen molar-refractivity contribution in [3.05, 3.63) is 108 Å². The summed E-state index contributed by atoms with van der Waals surface area (Å²) in [5.41, 5.74) is 1.98. The van der Waals surface area contributed by atoms with E-state index < -0.39 is 23.3 Å². The Bertz CT molecular complexity index is 1200. The van der Waals surface area contributed by atoms with Gasteiger partial charge in [0.25, 0.3) is 0 Å². The van der Waals surface area contributed by atoms with Crippen LogP contribution in [-0.2, 0) is 22.6 Å². The second kappa shape index (κ2) is 12.5. The number of carboxylic acid groups (broad SMARTS) is 1. The number of aliphatic hydroxyl groups is 2. The van der Waals surface area contributed by atoms with Crippen LogP contribution < -0.4 is 0 Å². The summed E-state index contributed by atoms with van der Waals surface area (Å²) in [4.78, 5) is 11.9. The van der Waals surface area contributed by atoms with Gasteiger partial charge in [0.2, 0.25) is 0 Å². The first kappa shape index (κ1) is 27.8. The van der Waals surface area contributed by atoms with Crippen LogP contribution in [0.3, 0.4) is 0 Å². The number of carbonyl (C=O) groups is 1. The van der Waals surface area contributed by atoms with E-state index in [4.69, 9.17) is 4.74 Å². The van der Waals surface area contributed by atoms with E-state index >= 15 is 0 Å². The van der Waals surface area contributed by atoms with Crippen molar-refractivity contribution in [1.82, 2.24) is 0 Å². The lowest BCUT2D eigenvalue weighted by Gasteiger charge is -2.36. The van der Waals surface area contributed by atoms with Crippen molar-refractivity contribution in [3.63, 3.8) is 0 Å². The molecule has 200 valence electrons. The second-order valence-electron chi connectivity index (χ2n) is 10.6. The molecule has 3 aromatic carbocycles. The number of rotatable bonds is 12. The molecule has 1 fully saturated rings. The molecule has 4 rings (SSSR count). The van der Waals surface area contributed by atoms with Gasteiger partial charge in [-0.1, -0.05) is 91.0 Å². The first-order valence-corrected chi connectivity index (χ1v) is 13.4. The molecule has 1 aliphatic rings. The molecule has 0 saturated heterocycles. The van der Waals surface area contributed by atoms with E-state index in [1.165, 1.54) is 5.56 Å². The summed E-state index contributed by atoms with van der Waals surface area (Å²) in [7, 11) is 0. The minimum atomic E-state index is -1.26. The Hall–Kier alpha value is -3.25. The summed E-state index contributed by atoms with van der Waals surface area (Å²) in [5.74, 6) is -1.34. The Morgan fingerprint density at radius 3 is 2.34 bits per heavy atom. The van der Waals surface area contributed by atoms with Gasteiger partial charge in [-0.15, -0.1) is 0 Å². The number of aliphatic carboxylic acids is 1. The molecule has 0 radical (unpaired) electrons. The van der Waals surface area contributed by atoms with E-state index in [0.29, 0.717) is 19.3 Å². The molecule has 3 aromatic rings. The molecule has 0 amide bonds. The molecule has 5 nitrogen and oxygen atoms in total. The third-order valence-corrected chi connectivity index (χ3v) is 7.59. The molecule has 0 bridgehead atoms. The molecule has 38 heavy (non-hydrogen) atoms. The molecule has 4 unspecified atom stereocenters. The molecule has 5 heteroatoms. The minimum Gasteiger partial charge on any atom is -0.481 e. The number of hydrogen-bond donors (Lipinski definition) is 3. The molecule has 1 aliphatic carbocycles. The molecule has 0 aromatic heterocycles. The zero-order valence-electron chi connectivity index (χ0n) is 22.0. The Balaban J connectivity index is 1.46. The number of ether oxygens (including phenoxy) is 1. The number of benzene rings is 3. The van der Waals surface area contributed by atoms with E-state index in [9.17, 15) is 20.1 Å². The van der Waals surface area contributed by atoms with Crippen molar-refractivity contribution in [2.45, 2.75) is 69.4 Å².